The lowest BCUT2D eigenvalue weighted by molar-refractivity contribution is -0.137. The Hall–Kier alpha value is -4.71. The number of aromatic nitrogens is 2. The number of aryl methyl sites for hydroxylation is 1. The molecule has 6 rings (SSSR count). The van der Waals surface area contributed by atoms with Gasteiger partial charge >= 0.3 is 0 Å². The summed E-state index contributed by atoms with van der Waals surface area (Å²) in [4.78, 5) is 30.7. The van der Waals surface area contributed by atoms with E-state index in [4.69, 9.17) is 18.9 Å². The van der Waals surface area contributed by atoms with Crippen LogP contribution in [0.3, 0.4) is 0 Å². The summed E-state index contributed by atoms with van der Waals surface area (Å²) in [7, 11) is 3.19. The Bertz CT molecular complexity index is 1660. The largest absolute Gasteiger partial charge is 0.493 e. The topological polar surface area (TPSA) is 107 Å². The van der Waals surface area contributed by atoms with E-state index in [1.54, 1.807) is 25.3 Å². The number of hydrogen-bond acceptors (Lipinski definition) is 8. The Balaban J connectivity index is 1.24. The predicted molar refractivity (Wildman–Crippen MR) is 176 cm³/mol. The number of carbonyl (C=O) groups is 2. The Morgan fingerprint density at radius 1 is 0.957 bits per heavy atom. The number of methoxy groups -OCH3 is 2. The molecule has 2 amide bonds. The number of rotatable bonds is 7. The van der Waals surface area contributed by atoms with Gasteiger partial charge in [0.2, 0.25) is 11.8 Å². The third-order valence-corrected chi connectivity index (χ3v) is 8.47. The zero-order valence-corrected chi connectivity index (χ0v) is 26.8. The Labute approximate surface area is 275 Å². The molecule has 0 saturated carbocycles. The van der Waals surface area contributed by atoms with E-state index < -0.39 is 0 Å². The van der Waals surface area contributed by atoms with Crippen molar-refractivity contribution in [2.24, 2.45) is 0 Å². The molecule has 0 radical (unpaired) electrons. The second kappa shape index (κ2) is 15.3. The summed E-state index contributed by atoms with van der Waals surface area (Å²) in [6.45, 7) is 2.84. The quantitative estimate of drug-likeness (QED) is 0.324. The number of carbonyl (C=O) groups excluding carboxylic acids is 2. The maximum Gasteiger partial charge on any atom is 0.239 e. The molecule has 2 aliphatic heterocycles. The van der Waals surface area contributed by atoms with Crippen molar-refractivity contribution < 1.29 is 28.5 Å². The van der Waals surface area contributed by atoms with Crippen LogP contribution in [-0.2, 0) is 38.6 Å². The molecule has 246 valence electrons. The average molecular weight is 640 g/mol. The highest BCUT2D eigenvalue weighted by Gasteiger charge is 2.35. The molecule has 3 heterocycles. The van der Waals surface area contributed by atoms with Crippen molar-refractivity contribution in [2.45, 2.75) is 38.1 Å². The van der Waals surface area contributed by atoms with Gasteiger partial charge in [0, 0.05) is 52.1 Å². The van der Waals surface area contributed by atoms with Gasteiger partial charge in [-0.1, -0.05) is 30.3 Å². The molecule has 0 spiro atoms. The van der Waals surface area contributed by atoms with Gasteiger partial charge in [-0.25, -0.2) is 4.68 Å². The van der Waals surface area contributed by atoms with E-state index in [9.17, 15) is 9.59 Å². The number of amides is 2. The molecule has 4 bridgehead atoms. The molecule has 1 saturated heterocycles. The molecule has 11 heteroatoms. The monoisotopic (exact) mass is 639 g/mol. The molecule has 1 aromatic heterocycles. The van der Waals surface area contributed by atoms with Crippen LogP contribution in [-0.4, -0.2) is 90.5 Å². The highest BCUT2D eigenvalue weighted by atomic mass is 16.5. The minimum absolute atomic E-state index is 0.0592. The molecule has 0 aliphatic carbocycles. The number of nitrogens with one attached hydrogen (secondary N) is 1. The second-order valence-electron chi connectivity index (χ2n) is 11.9. The van der Waals surface area contributed by atoms with Crippen LogP contribution in [0.5, 0.6) is 17.2 Å². The van der Waals surface area contributed by atoms with Gasteiger partial charge in [-0.2, -0.15) is 5.10 Å². The molecule has 1 fully saturated rings. The summed E-state index contributed by atoms with van der Waals surface area (Å²) in [5.74, 6) is 1.47. The SMILES string of the molecule is COCCN1CC(=O)N[C@H]2CN(Cc3cccc(-n4cccn4)c3)C[C@@H]2OCc2cccc(c2)Oc2cc(ccc2OC)CCC1=O. The van der Waals surface area contributed by atoms with E-state index in [-0.39, 0.29) is 36.9 Å². The molecule has 2 aliphatic rings. The molecule has 2 atom stereocenters. The van der Waals surface area contributed by atoms with Gasteiger partial charge in [-0.05, 0) is 65.6 Å². The van der Waals surface area contributed by atoms with Gasteiger partial charge in [-0.15, -0.1) is 0 Å². The van der Waals surface area contributed by atoms with Crippen molar-refractivity contribution in [2.75, 3.05) is 47.0 Å². The van der Waals surface area contributed by atoms with Crippen LogP contribution in [0.2, 0.25) is 0 Å². The van der Waals surface area contributed by atoms with Crippen LogP contribution < -0.4 is 14.8 Å². The second-order valence-corrected chi connectivity index (χ2v) is 11.9. The summed E-state index contributed by atoms with van der Waals surface area (Å²) < 4.78 is 25.4. The van der Waals surface area contributed by atoms with Crippen molar-refractivity contribution in [3.63, 3.8) is 0 Å². The van der Waals surface area contributed by atoms with Gasteiger partial charge in [0.25, 0.3) is 0 Å². The summed E-state index contributed by atoms with van der Waals surface area (Å²) in [5.41, 5.74) is 4.00. The van der Waals surface area contributed by atoms with Crippen molar-refractivity contribution >= 4 is 11.8 Å². The highest BCUT2D eigenvalue weighted by molar-refractivity contribution is 5.85. The fraction of sp³-hybridized carbons (Fsp3) is 0.361. The molecule has 3 aromatic carbocycles. The van der Waals surface area contributed by atoms with Crippen LogP contribution >= 0.6 is 0 Å². The van der Waals surface area contributed by atoms with Crippen LogP contribution in [0.4, 0.5) is 0 Å². The van der Waals surface area contributed by atoms with E-state index in [0.29, 0.717) is 63.1 Å². The van der Waals surface area contributed by atoms with Crippen molar-refractivity contribution in [1.29, 1.82) is 0 Å². The van der Waals surface area contributed by atoms with Crippen molar-refractivity contribution in [3.05, 3.63) is 102 Å². The molecule has 1 N–H and O–H groups in total. The number of ether oxygens (including phenoxy) is 4. The zero-order valence-electron chi connectivity index (χ0n) is 26.8. The Morgan fingerprint density at radius 2 is 1.85 bits per heavy atom. The van der Waals surface area contributed by atoms with Crippen molar-refractivity contribution in [3.8, 4) is 22.9 Å². The van der Waals surface area contributed by atoms with E-state index in [1.165, 1.54) is 0 Å². The molecule has 11 nitrogen and oxygen atoms in total. The normalized spacial score (nSPS) is 19.3. The molecule has 0 unspecified atom stereocenters. The lowest BCUT2D eigenvalue weighted by atomic mass is 10.1. The zero-order chi connectivity index (χ0) is 32.6. The lowest BCUT2D eigenvalue weighted by Gasteiger charge is -2.25. The summed E-state index contributed by atoms with van der Waals surface area (Å²) in [6.07, 6.45) is 4.13. The number of fused-ring (bicyclic) bond motifs is 5. The average Bonchev–Trinajstić information content (AvgIpc) is 3.75. The third kappa shape index (κ3) is 8.37. The summed E-state index contributed by atoms with van der Waals surface area (Å²) in [5, 5.41) is 7.55. The first-order valence-electron chi connectivity index (χ1n) is 15.9. The number of likely N-dealkylation sites (tertiary alicyclic amines) is 1. The van der Waals surface area contributed by atoms with Crippen LogP contribution in [0, 0.1) is 0 Å². The number of benzene rings is 3. The fourth-order valence-corrected chi connectivity index (χ4v) is 6.08. The van der Waals surface area contributed by atoms with Gasteiger partial charge in [0.15, 0.2) is 11.5 Å². The van der Waals surface area contributed by atoms with Gasteiger partial charge in [-0.3, -0.25) is 14.5 Å². The standard InChI is InChI=1S/C36H41N5O6/c1-44-17-16-40-24-35(42)38-31-22-39(21-27-6-3-8-29(18-27)41-15-5-14-37-41)23-34(31)46-25-28-7-4-9-30(19-28)47-33-20-26(11-13-36(40)43)10-12-32(33)45-2/h3-10,12,14-15,18-20,31,34H,11,13,16-17,21-25H2,1-2H3,(H,38,42)/t31-,34-/m0/s1. The first-order chi connectivity index (χ1) is 23.0. The number of hydrogen-bond donors (Lipinski definition) is 1. The molecular formula is C36H41N5O6. The summed E-state index contributed by atoms with van der Waals surface area (Å²) in [6, 6.07) is 23.3. The highest BCUT2D eigenvalue weighted by Crippen LogP contribution is 2.33. The molecule has 47 heavy (non-hydrogen) atoms. The van der Waals surface area contributed by atoms with E-state index >= 15 is 0 Å². The van der Waals surface area contributed by atoms with E-state index in [0.717, 1.165) is 22.4 Å². The smallest absolute Gasteiger partial charge is 0.239 e. The van der Waals surface area contributed by atoms with E-state index in [2.05, 4.69) is 27.4 Å². The van der Waals surface area contributed by atoms with Gasteiger partial charge < -0.3 is 29.2 Å². The Morgan fingerprint density at radius 3 is 2.68 bits per heavy atom. The van der Waals surface area contributed by atoms with E-state index in [1.807, 2.05) is 71.5 Å². The van der Waals surface area contributed by atoms with Crippen molar-refractivity contribution in [1.82, 2.24) is 24.9 Å². The van der Waals surface area contributed by atoms with Gasteiger partial charge in [0.1, 0.15) is 5.75 Å². The van der Waals surface area contributed by atoms with Crippen LogP contribution in [0.25, 0.3) is 5.69 Å². The molecular weight excluding hydrogens is 598 g/mol. The first kappa shape index (κ1) is 32.2. The Kier molecular flexibility index (Phi) is 10.5. The fourth-order valence-electron chi connectivity index (χ4n) is 6.08. The minimum Gasteiger partial charge on any atom is -0.493 e. The maximum absolute atomic E-state index is 13.5. The predicted octanol–water partition coefficient (Wildman–Crippen LogP) is 3.98. The minimum atomic E-state index is -0.267. The maximum atomic E-state index is 13.5. The third-order valence-electron chi connectivity index (χ3n) is 8.47. The summed E-state index contributed by atoms with van der Waals surface area (Å²) >= 11 is 0. The van der Waals surface area contributed by atoms with Gasteiger partial charge in [0.05, 0.1) is 44.7 Å². The van der Waals surface area contributed by atoms with Crippen LogP contribution in [0.15, 0.2) is 85.2 Å². The molecule has 4 aromatic rings. The van der Waals surface area contributed by atoms with Crippen LogP contribution in [0.1, 0.15) is 23.1 Å². The number of nitrogens with zero attached hydrogens (tertiary/aromatic N) is 4. The lowest BCUT2D eigenvalue weighted by Crippen LogP contribution is -2.49. The first-order valence-corrected chi connectivity index (χ1v) is 15.9.